The number of aromatic nitrogens is 3. The van der Waals surface area contributed by atoms with E-state index < -0.39 is 0 Å². The lowest BCUT2D eigenvalue weighted by Crippen LogP contribution is -2.02. The van der Waals surface area contributed by atoms with Gasteiger partial charge in [-0.05, 0) is 25.1 Å². The Morgan fingerprint density at radius 2 is 2.16 bits per heavy atom. The van der Waals surface area contributed by atoms with Crippen LogP contribution in [0.3, 0.4) is 0 Å². The molecule has 19 heavy (non-hydrogen) atoms. The number of nitrogens with zero attached hydrogens (tertiary/aromatic N) is 3. The van der Waals surface area contributed by atoms with Crippen LogP contribution in [0.2, 0.25) is 0 Å². The standard InChI is InChI=1S/C14H11ClFN3/c1-9-10(16)3-2-4-12(9)19-13-5-6-17-8-11(13)18-14(19)7-15/h2-6,8H,7H2,1H3. The molecule has 1 aromatic carbocycles. The third-order valence-electron chi connectivity index (χ3n) is 3.13. The summed E-state index contributed by atoms with van der Waals surface area (Å²) in [5.74, 6) is 0.692. The molecule has 2 heterocycles. The van der Waals surface area contributed by atoms with Gasteiger partial charge in [0.15, 0.2) is 0 Å². The number of hydrogen-bond donors (Lipinski definition) is 0. The van der Waals surface area contributed by atoms with E-state index in [1.807, 2.05) is 16.7 Å². The molecule has 0 saturated heterocycles. The second kappa shape index (κ2) is 4.63. The van der Waals surface area contributed by atoms with Crippen LogP contribution in [-0.2, 0) is 5.88 Å². The predicted molar refractivity (Wildman–Crippen MR) is 73.1 cm³/mol. The number of alkyl halides is 1. The number of fused-ring (bicyclic) bond motifs is 1. The molecule has 0 aliphatic carbocycles. The zero-order valence-corrected chi connectivity index (χ0v) is 11.0. The van der Waals surface area contributed by atoms with Crippen molar-refractivity contribution < 1.29 is 4.39 Å². The Kier molecular flexibility index (Phi) is 2.95. The van der Waals surface area contributed by atoms with E-state index in [0.29, 0.717) is 11.4 Å². The lowest BCUT2D eigenvalue weighted by atomic mass is 10.2. The van der Waals surface area contributed by atoms with Crippen molar-refractivity contribution in [2.75, 3.05) is 0 Å². The van der Waals surface area contributed by atoms with Crippen molar-refractivity contribution in [3.05, 3.63) is 53.9 Å². The average molecular weight is 276 g/mol. The van der Waals surface area contributed by atoms with Gasteiger partial charge in [0.1, 0.15) is 17.2 Å². The monoisotopic (exact) mass is 275 g/mol. The molecule has 5 heteroatoms. The number of imidazole rings is 1. The molecule has 0 radical (unpaired) electrons. The van der Waals surface area contributed by atoms with Crippen LogP contribution in [-0.4, -0.2) is 14.5 Å². The molecular formula is C14H11ClFN3. The summed E-state index contributed by atoms with van der Waals surface area (Å²) in [6.45, 7) is 1.75. The highest BCUT2D eigenvalue weighted by molar-refractivity contribution is 6.17. The maximum absolute atomic E-state index is 13.7. The van der Waals surface area contributed by atoms with Crippen LogP contribution in [0, 0.1) is 12.7 Å². The van der Waals surface area contributed by atoms with Gasteiger partial charge in [-0.3, -0.25) is 9.55 Å². The molecular weight excluding hydrogens is 265 g/mol. The quantitative estimate of drug-likeness (QED) is 0.669. The van der Waals surface area contributed by atoms with Gasteiger partial charge in [0, 0.05) is 11.8 Å². The molecule has 96 valence electrons. The fraction of sp³-hybridized carbons (Fsp3) is 0.143. The smallest absolute Gasteiger partial charge is 0.129 e. The summed E-state index contributed by atoms with van der Waals surface area (Å²) in [7, 11) is 0. The maximum Gasteiger partial charge on any atom is 0.129 e. The van der Waals surface area contributed by atoms with E-state index in [1.54, 1.807) is 25.4 Å². The molecule has 3 aromatic rings. The van der Waals surface area contributed by atoms with Crippen molar-refractivity contribution in [3.8, 4) is 5.69 Å². The van der Waals surface area contributed by atoms with Crippen LogP contribution < -0.4 is 0 Å². The minimum absolute atomic E-state index is 0.242. The lowest BCUT2D eigenvalue weighted by molar-refractivity contribution is 0.617. The van der Waals surface area contributed by atoms with Crippen molar-refractivity contribution in [2.24, 2.45) is 0 Å². The minimum atomic E-state index is -0.242. The van der Waals surface area contributed by atoms with E-state index in [2.05, 4.69) is 9.97 Å². The van der Waals surface area contributed by atoms with Crippen molar-refractivity contribution in [2.45, 2.75) is 12.8 Å². The SMILES string of the molecule is Cc1c(F)cccc1-n1c(CCl)nc2cnccc21. The van der Waals surface area contributed by atoms with Gasteiger partial charge in [-0.25, -0.2) is 9.37 Å². The van der Waals surface area contributed by atoms with Gasteiger partial charge >= 0.3 is 0 Å². The number of pyridine rings is 1. The first-order chi connectivity index (χ1) is 9.22. The molecule has 0 aliphatic rings. The fourth-order valence-electron chi connectivity index (χ4n) is 2.18. The second-order valence-corrected chi connectivity index (χ2v) is 4.51. The van der Waals surface area contributed by atoms with Crippen LogP contribution in [0.5, 0.6) is 0 Å². The highest BCUT2D eigenvalue weighted by Gasteiger charge is 2.14. The topological polar surface area (TPSA) is 30.7 Å². The molecule has 0 unspecified atom stereocenters. The first-order valence-electron chi connectivity index (χ1n) is 5.85. The third kappa shape index (κ3) is 1.88. The summed E-state index contributed by atoms with van der Waals surface area (Å²) in [5, 5.41) is 0. The van der Waals surface area contributed by atoms with Crippen LogP contribution >= 0.6 is 11.6 Å². The summed E-state index contributed by atoms with van der Waals surface area (Å²) in [6.07, 6.45) is 3.36. The molecule has 0 N–H and O–H groups in total. The highest BCUT2D eigenvalue weighted by atomic mass is 35.5. The first kappa shape index (κ1) is 12.1. The summed E-state index contributed by atoms with van der Waals surface area (Å²) in [6, 6.07) is 6.83. The Morgan fingerprint density at radius 1 is 1.32 bits per heavy atom. The van der Waals surface area contributed by atoms with Crippen molar-refractivity contribution in [1.82, 2.24) is 14.5 Å². The first-order valence-corrected chi connectivity index (χ1v) is 6.38. The summed E-state index contributed by atoms with van der Waals surface area (Å²) in [5.41, 5.74) is 2.95. The normalized spacial score (nSPS) is 11.1. The van der Waals surface area contributed by atoms with Crippen LogP contribution in [0.15, 0.2) is 36.7 Å². The van der Waals surface area contributed by atoms with E-state index >= 15 is 0 Å². The molecule has 3 nitrogen and oxygen atoms in total. The summed E-state index contributed by atoms with van der Waals surface area (Å²) >= 11 is 5.95. The van der Waals surface area contributed by atoms with Crippen LogP contribution in [0.25, 0.3) is 16.7 Å². The highest BCUT2D eigenvalue weighted by Crippen LogP contribution is 2.25. The molecule has 0 fully saturated rings. The van der Waals surface area contributed by atoms with Gasteiger partial charge in [0.2, 0.25) is 0 Å². The Labute approximate surface area is 114 Å². The Morgan fingerprint density at radius 3 is 2.95 bits per heavy atom. The number of halogens is 2. The van der Waals surface area contributed by atoms with E-state index in [1.165, 1.54) is 6.07 Å². The number of hydrogen-bond acceptors (Lipinski definition) is 2. The predicted octanol–water partition coefficient (Wildman–Crippen LogP) is 3.61. The maximum atomic E-state index is 13.7. The molecule has 2 aromatic heterocycles. The summed E-state index contributed by atoms with van der Waals surface area (Å²) < 4.78 is 15.6. The number of rotatable bonds is 2. The molecule has 3 rings (SSSR count). The zero-order valence-electron chi connectivity index (χ0n) is 10.3. The Hall–Kier alpha value is -1.94. The van der Waals surface area contributed by atoms with Crippen molar-refractivity contribution in [3.63, 3.8) is 0 Å². The molecule has 0 bridgehead atoms. The Bertz CT molecular complexity index is 752. The molecule has 0 atom stereocenters. The fourth-order valence-corrected chi connectivity index (χ4v) is 2.36. The summed E-state index contributed by atoms with van der Waals surface area (Å²) in [4.78, 5) is 8.47. The van der Waals surface area contributed by atoms with Crippen molar-refractivity contribution >= 4 is 22.6 Å². The van der Waals surface area contributed by atoms with Gasteiger partial charge in [-0.2, -0.15) is 0 Å². The zero-order chi connectivity index (χ0) is 13.4. The van der Waals surface area contributed by atoms with Crippen molar-refractivity contribution in [1.29, 1.82) is 0 Å². The van der Waals surface area contributed by atoms with Gasteiger partial charge in [0.05, 0.1) is 23.3 Å². The number of benzene rings is 1. The van der Waals surface area contributed by atoms with Gasteiger partial charge in [0.25, 0.3) is 0 Å². The third-order valence-corrected chi connectivity index (χ3v) is 3.36. The van der Waals surface area contributed by atoms with Gasteiger partial charge < -0.3 is 0 Å². The lowest BCUT2D eigenvalue weighted by Gasteiger charge is -2.11. The minimum Gasteiger partial charge on any atom is -0.295 e. The largest absolute Gasteiger partial charge is 0.295 e. The Balaban J connectivity index is 2.38. The average Bonchev–Trinajstić information content (AvgIpc) is 2.80. The molecule has 0 aliphatic heterocycles. The van der Waals surface area contributed by atoms with E-state index in [4.69, 9.17) is 11.6 Å². The van der Waals surface area contributed by atoms with Gasteiger partial charge in [-0.1, -0.05) is 6.07 Å². The van der Waals surface area contributed by atoms with E-state index in [0.717, 1.165) is 16.7 Å². The van der Waals surface area contributed by atoms with Gasteiger partial charge in [-0.15, -0.1) is 11.6 Å². The van der Waals surface area contributed by atoms with E-state index in [9.17, 15) is 4.39 Å². The second-order valence-electron chi connectivity index (χ2n) is 4.25. The van der Waals surface area contributed by atoms with Crippen LogP contribution in [0.1, 0.15) is 11.4 Å². The van der Waals surface area contributed by atoms with E-state index in [-0.39, 0.29) is 11.7 Å². The molecule has 0 spiro atoms. The van der Waals surface area contributed by atoms with Crippen LogP contribution in [0.4, 0.5) is 4.39 Å². The molecule has 0 amide bonds. The molecule has 0 saturated carbocycles.